The van der Waals surface area contributed by atoms with Gasteiger partial charge in [-0.25, -0.2) is 0 Å². The van der Waals surface area contributed by atoms with Crippen molar-refractivity contribution in [3.05, 3.63) is 0 Å². The fourth-order valence-electron chi connectivity index (χ4n) is 2.64. The monoisotopic (exact) mass is 126 g/mol. The Hall–Kier alpha value is -0.0400. The van der Waals surface area contributed by atoms with Crippen molar-refractivity contribution in [3.63, 3.8) is 0 Å². The van der Waals surface area contributed by atoms with E-state index in [0.29, 0.717) is 5.92 Å². The molecule has 9 heavy (non-hydrogen) atoms. The molecular formula is C8H14O. The van der Waals surface area contributed by atoms with Gasteiger partial charge in [-0.2, -0.15) is 0 Å². The molecule has 4 unspecified atom stereocenters. The van der Waals surface area contributed by atoms with Crippen LogP contribution in [0.2, 0.25) is 0 Å². The van der Waals surface area contributed by atoms with Crippen LogP contribution in [0, 0.1) is 17.8 Å². The first kappa shape index (κ1) is 5.72. The zero-order chi connectivity index (χ0) is 6.43. The van der Waals surface area contributed by atoms with Crippen LogP contribution in [-0.2, 0) is 0 Å². The van der Waals surface area contributed by atoms with Crippen molar-refractivity contribution in [1.82, 2.24) is 0 Å². The second-order valence-electron chi connectivity index (χ2n) is 3.66. The zero-order valence-corrected chi connectivity index (χ0v) is 5.88. The van der Waals surface area contributed by atoms with Gasteiger partial charge in [0.1, 0.15) is 0 Å². The summed E-state index contributed by atoms with van der Waals surface area (Å²) in [6, 6.07) is 0. The first-order chi connectivity index (χ1) is 4.29. The maximum Gasteiger partial charge on any atom is 0.0573 e. The van der Waals surface area contributed by atoms with E-state index in [9.17, 15) is 5.11 Å². The second-order valence-corrected chi connectivity index (χ2v) is 3.66. The number of hydrogen-bond acceptors (Lipinski definition) is 1. The molecule has 0 radical (unpaired) electrons. The van der Waals surface area contributed by atoms with Crippen molar-refractivity contribution in [1.29, 1.82) is 0 Å². The fourth-order valence-corrected chi connectivity index (χ4v) is 2.64. The molecule has 0 aromatic rings. The normalized spacial score (nSPS) is 56.7. The van der Waals surface area contributed by atoms with Crippen LogP contribution in [0.1, 0.15) is 26.2 Å². The van der Waals surface area contributed by atoms with Crippen LogP contribution in [0.25, 0.3) is 0 Å². The van der Waals surface area contributed by atoms with Crippen LogP contribution < -0.4 is 0 Å². The van der Waals surface area contributed by atoms with Crippen molar-refractivity contribution in [2.24, 2.45) is 17.8 Å². The molecule has 0 aromatic carbocycles. The third-order valence-corrected chi connectivity index (χ3v) is 3.33. The fraction of sp³-hybridized carbons (Fsp3) is 1.00. The van der Waals surface area contributed by atoms with E-state index in [1.54, 1.807) is 0 Å². The Kier molecular flexibility index (Phi) is 1.10. The molecule has 2 aliphatic carbocycles. The van der Waals surface area contributed by atoms with Gasteiger partial charge in [0.25, 0.3) is 0 Å². The Morgan fingerprint density at radius 1 is 1.33 bits per heavy atom. The number of aliphatic hydroxyl groups is 1. The summed E-state index contributed by atoms with van der Waals surface area (Å²) in [5.74, 6) is 2.35. The average molecular weight is 126 g/mol. The minimum Gasteiger partial charge on any atom is -0.393 e. The molecule has 4 atom stereocenters. The van der Waals surface area contributed by atoms with Crippen molar-refractivity contribution in [3.8, 4) is 0 Å². The summed E-state index contributed by atoms with van der Waals surface area (Å²) in [6.45, 7) is 2.29. The molecule has 2 aliphatic rings. The van der Waals surface area contributed by atoms with Crippen LogP contribution in [0.4, 0.5) is 0 Å². The highest BCUT2D eigenvalue weighted by Crippen LogP contribution is 2.48. The Labute approximate surface area is 56.1 Å². The summed E-state index contributed by atoms with van der Waals surface area (Å²) in [6.07, 6.45) is 3.81. The highest BCUT2D eigenvalue weighted by molar-refractivity contribution is 4.94. The van der Waals surface area contributed by atoms with Gasteiger partial charge in [-0.1, -0.05) is 6.92 Å². The molecule has 52 valence electrons. The van der Waals surface area contributed by atoms with Crippen LogP contribution in [0.15, 0.2) is 0 Å². The van der Waals surface area contributed by atoms with Crippen LogP contribution in [-0.4, -0.2) is 11.2 Å². The molecule has 2 saturated carbocycles. The van der Waals surface area contributed by atoms with Gasteiger partial charge in [-0.05, 0) is 37.0 Å². The van der Waals surface area contributed by atoms with E-state index >= 15 is 0 Å². The maximum atomic E-state index is 9.39. The summed E-state index contributed by atoms with van der Waals surface area (Å²) in [5, 5.41) is 9.39. The number of hydrogen-bond donors (Lipinski definition) is 1. The van der Waals surface area contributed by atoms with E-state index in [4.69, 9.17) is 0 Å². The molecule has 2 rings (SSSR count). The third kappa shape index (κ3) is 0.644. The molecule has 0 saturated heterocycles. The Morgan fingerprint density at radius 2 is 2.11 bits per heavy atom. The van der Waals surface area contributed by atoms with Gasteiger partial charge in [0.05, 0.1) is 6.10 Å². The highest BCUT2D eigenvalue weighted by atomic mass is 16.3. The molecular weight excluding hydrogens is 112 g/mol. The van der Waals surface area contributed by atoms with E-state index in [1.807, 2.05) is 0 Å². The minimum absolute atomic E-state index is 0.0544. The van der Waals surface area contributed by atoms with Crippen molar-refractivity contribution in [2.75, 3.05) is 0 Å². The smallest absolute Gasteiger partial charge is 0.0573 e. The molecule has 1 N–H and O–H groups in total. The topological polar surface area (TPSA) is 20.2 Å². The lowest BCUT2D eigenvalue weighted by atomic mass is 9.98. The van der Waals surface area contributed by atoms with E-state index in [0.717, 1.165) is 18.3 Å². The van der Waals surface area contributed by atoms with E-state index < -0.39 is 0 Å². The first-order valence-corrected chi connectivity index (χ1v) is 3.97. The SMILES string of the molecule is CC1C2CCC1C(O)C2. The van der Waals surface area contributed by atoms with Gasteiger partial charge in [0, 0.05) is 0 Å². The molecule has 0 heterocycles. The summed E-state index contributed by atoms with van der Waals surface area (Å²) in [4.78, 5) is 0. The predicted molar refractivity (Wildman–Crippen MR) is 36.0 cm³/mol. The molecule has 2 bridgehead atoms. The average Bonchev–Trinajstić information content (AvgIpc) is 2.25. The van der Waals surface area contributed by atoms with Crippen LogP contribution in [0.5, 0.6) is 0 Å². The first-order valence-electron chi connectivity index (χ1n) is 3.97. The largest absolute Gasteiger partial charge is 0.393 e. The molecule has 2 fully saturated rings. The van der Waals surface area contributed by atoms with Gasteiger partial charge in [-0.3, -0.25) is 0 Å². The van der Waals surface area contributed by atoms with Crippen molar-refractivity contribution >= 4 is 0 Å². The van der Waals surface area contributed by atoms with E-state index in [-0.39, 0.29) is 6.10 Å². The lowest BCUT2D eigenvalue weighted by molar-refractivity contribution is 0.108. The predicted octanol–water partition coefficient (Wildman–Crippen LogP) is 1.41. The molecule has 0 aromatic heterocycles. The highest BCUT2D eigenvalue weighted by Gasteiger charge is 2.44. The Morgan fingerprint density at radius 3 is 2.33 bits per heavy atom. The molecule has 0 spiro atoms. The lowest BCUT2D eigenvalue weighted by Gasteiger charge is -2.14. The van der Waals surface area contributed by atoms with Crippen molar-refractivity contribution in [2.45, 2.75) is 32.3 Å². The number of rotatable bonds is 0. The molecule has 1 nitrogen and oxygen atoms in total. The van der Waals surface area contributed by atoms with Crippen molar-refractivity contribution < 1.29 is 5.11 Å². The van der Waals surface area contributed by atoms with Gasteiger partial charge < -0.3 is 5.11 Å². The quantitative estimate of drug-likeness (QED) is 0.520. The minimum atomic E-state index is 0.0544. The Balaban J connectivity index is 2.16. The Bertz CT molecular complexity index is 122. The summed E-state index contributed by atoms with van der Waals surface area (Å²) in [5.41, 5.74) is 0. The molecule has 1 heteroatoms. The maximum absolute atomic E-state index is 9.39. The van der Waals surface area contributed by atoms with Crippen LogP contribution >= 0.6 is 0 Å². The van der Waals surface area contributed by atoms with E-state index in [2.05, 4.69) is 6.92 Å². The standard InChI is InChI=1S/C8H14O/c1-5-6-2-3-7(5)8(9)4-6/h5-9H,2-4H2,1H3. The van der Waals surface area contributed by atoms with Gasteiger partial charge in [0.15, 0.2) is 0 Å². The lowest BCUT2D eigenvalue weighted by Crippen LogP contribution is -2.16. The number of aliphatic hydroxyl groups excluding tert-OH is 1. The number of fused-ring (bicyclic) bond motifs is 2. The summed E-state index contributed by atoms with van der Waals surface area (Å²) in [7, 11) is 0. The van der Waals surface area contributed by atoms with Crippen LogP contribution in [0.3, 0.4) is 0 Å². The van der Waals surface area contributed by atoms with Gasteiger partial charge in [-0.15, -0.1) is 0 Å². The third-order valence-electron chi connectivity index (χ3n) is 3.33. The second kappa shape index (κ2) is 1.72. The van der Waals surface area contributed by atoms with E-state index in [1.165, 1.54) is 12.8 Å². The zero-order valence-electron chi connectivity index (χ0n) is 5.88. The summed E-state index contributed by atoms with van der Waals surface area (Å²) < 4.78 is 0. The molecule has 0 amide bonds. The molecule has 0 aliphatic heterocycles. The summed E-state index contributed by atoms with van der Waals surface area (Å²) >= 11 is 0. The van der Waals surface area contributed by atoms with Gasteiger partial charge >= 0.3 is 0 Å². The van der Waals surface area contributed by atoms with Gasteiger partial charge in [0.2, 0.25) is 0 Å².